The van der Waals surface area contributed by atoms with Crippen LogP contribution in [0.3, 0.4) is 0 Å². The van der Waals surface area contributed by atoms with Crippen molar-refractivity contribution in [3.05, 3.63) is 71.3 Å². The Balaban J connectivity index is 1.79. The minimum absolute atomic E-state index is 0.0340. The second-order valence-electron chi connectivity index (χ2n) is 7.26. The SMILES string of the molecule is CC(=O)c1ccc(C[C@@H](C)N2CC(c3ccccc3)OC2(C)C(=O)O)cc1. The van der Waals surface area contributed by atoms with Crippen molar-refractivity contribution in [2.75, 3.05) is 6.54 Å². The molecule has 1 aliphatic heterocycles. The number of hydrogen-bond donors (Lipinski definition) is 1. The van der Waals surface area contributed by atoms with Gasteiger partial charge in [0.1, 0.15) is 0 Å². The Labute approximate surface area is 159 Å². The van der Waals surface area contributed by atoms with E-state index < -0.39 is 11.7 Å². The maximum atomic E-state index is 12.0. The summed E-state index contributed by atoms with van der Waals surface area (Å²) >= 11 is 0. The first-order chi connectivity index (χ1) is 12.8. The lowest BCUT2D eigenvalue weighted by atomic mass is 10.0. The van der Waals surface area contributed by atoms with Crippen LogP contribution in [-0.4, -0.2) is 40.1 Å². The van der Waals surface area contributed by atoms with E-state index in [4.69, 9.17) is 4.74 Å². The third kappa shape index (κ3) is 3.94. The number of carbonyl (C=O) groups excluding carboxylic acids is 1. The van der Waals surface area contributed by atoms with Crippen LogP contribution in [0.4, 0.5) is 0 Å². The molecule has 0 aromatic heterocycles. The predicted molar refractivity (Wildman–Crippen MR) is 103 cm³/mol. The summed E-state index contributed by atoms with van der Waals surface area (Å²) in [4.78, 5) is 25.3. The molecule has 0 bridgehead atoms. The molecule has 3 rings (SSSR count). The Hall–Kier alpha value is -2.50. The number of benzene rings is 2. The molecule has 1 fully saturated rings. The van der Waals surface area contributed by atoms with Crippen molar-refractivity contribution in [1.82, 2.24) is 4.90 Å². The minimum Gasteiger partial charge on any atom is -0.478 e. The lowest BCUT2D eigenvalue weighted by molar-refractivity contribution is -0.180. The van der Waals surface area contributed by atoms with Crippen molar-refractivity contribution in [1.29, 1.82) is 0 Å². The molecule has 0 aliphatic carbocycles. The molecule has 1 N–H and O–H groups in total. The molecule has 27 heavy (non-hydrogen) atoms. The van der Waals surface area contributed by atoms with E-state index in [2.05, 4.69) is 0 Å². The quantitative estimate of drug-likeness (QED) is 0.789. The summed E-state index contributed by atoms with van der Waals surface area (Å²) in [6, 6.07) is 17.2. The van der Waals surface area contributed by atoms with Gasteiger partial charge in [-0.15, -0.1) is 0 Å². The highest BCUT2D eigenvalue weighted by Gasteiger charge is 2.51. The third-order valence-corrected chi connectivity index (χ3v) is 5.27. The van der Waals surface area contributed by atoms with Gasteiger partial charge in [-0.3, -0.25) is 9.69 Å². The van der Waals surface area contributed by atoms with Gasteiger partial charge in [-0.2, -0.15) is 0 Å². The molecule has 1 heterocycles. The maximum Gasteiger partial charge on any atom is 0.351 e. The number of carboxylic acid groups (broad SMARTS) is 1. The Morgan fingerprint density at radius 3 is 2.37 bits per heavy atom. The summed E-state index contributed by atoms with van der Waals surface area (Å²) < 4.78 is 6.00. The van der Waals surface area contributed by atoms with Crippen molar-refractivity contribution in [3.8, 4) is 0 Å². The van der Waals surface area contributed by atoms with Gasteiger partial charge in [0.05, 0.1) is 6.10 Å². The van der Waals surface area contributed by atoms with Crippen LogP contribution in [0.25, 0.3) is 0 Å². The maximum absolute atomic E-state index is 12.0. The largest absolute Gasteiger partial charge is 0.478 e. The molecule has 5 heteroatoms. The molecule has 1 saturated heterocycles. The highest BCUT2D eigenvalue weighted by molar-refractivity contribution is 5.94. The molecule has 2 aromatic carbocycles. The smallest absolute Gasteiger partial charge is 0.351 e. The summed E-state index contributed by atoms with van der Waals surface area (Å²) in [5.41, 5.74) is 1.34. The molecular formula is C22H25NO4. The Bertz CT molecular complexity index is 818. The first-order valence-electron chi connectivity index (χ1n) is 9.14. The molecule has 0 radical (unpaired) electrons. The molecule has 2 unspecified atom stereocenters. The summed E-state index contributed by atoms with van der Waals surface area (Å²) in [6.45, 7) is 5.69. The Kier molecular flexibility index (Phi) is 5.44. The van der Waals surface area contributed by atoms with Crippen molar-refractivity contribution in [2.24, 2.45) is 0 Å². The van der Waals surface area contributed by atoms with Crippen LogP contribution in [0.5, 0.6) is 0 Å². The van der Waals surface area contributed by atoms with E-state index >= 15 is 0 Å². The fourth-order valence-corrected chi connectivity index (χ4v) is 3.68. The summed E-state index contributed by atoms with van der Waals surface area (Å²) in [5.74, 6) is -0.952. The van der Waals surface area contributed by atoms with Crippen molar-refractivity contribution in [2.45, 2.75) is 45.1 Å². The zero-order valence-corrected chi connectivity index (χ0v) is 15.9. The van der Waals surface area contributed by atoms with Crippen LogP contribution in [0.2, 0.25) is 0 Å². The molecular weight excluding hydrogens is 342 g/mol. The van der Waals surface area contributed by atoms with Crippen LogP contribution >= 0.6 is 0 Å². The average Bonchev–Trinajstić information content (AvgIpc) is 3.02. The summed E-state index contributed by atoms with van der Waals surface area (Å²) in [7, 11) is 0. The Morgan fingerprint density at radius 2 is 1.81 bits per heavy atom. The molecule has 0 saturated carbocycles. The fourth-order valence-electron chi connectivity index (χ4n) is 3.68. The summed E-state index contributed by atoms with van der Waals surface area (Å²) in [5, 5.41) is 9.82. The first-order valence-corrected chi connectivity index (χ1v) is 9.14. The zero-order chi connectivity index (χ0) is 19.6. The lowest BCUT2D eigenvalue weighted by Crippen LogP contribution is -2.53. The minimum atomic E-state index is -1.38. The number of nitrogens with zero attached hydrogens (tertiary/aromatic N) is 1. The molecule has 2 aromatic rings. The number of Topliss-reactive ketones (excluding diaryl/α,β-unsaturated/α-hetero) is 1. The van der Waals surface area contributed by atoms with E-state index in [9.17, 15) is 14.7 Å². The number of hydrogen-bond acceptors (Lipinski definition) is 4. The van der Waals surface area contributed by atoms with E-state index in [1.807, 2.05) is 66.4 Å². The molecule has 1 aliphatic rings. The number of rotatable bonds is 6. The van der Waals surface area contributed by atoms with E-state index in [0.29, 0.717) is 18.5 Å². The summed E-state index contributed by atoms with van der Waals surface area (Å²) in [6.07, 6.45) is 0.390. The first kappa shape index (κ1) is 19.3. The molecule has 0 spiro atoms. The van der Waals surface area contributed by atoms with Crippen molar-refractivity contribution >= 4 is 11.8 Å². The van der Waals surface area contributed by atoms with Crippen LogP contribution < -0.4 is 0 Å². The topological polar surface area (TPSA) is 66.8 Å². The molecule has 5 nitrogen and oxygen atoms in total. The van der Waals surface area contributed by atoms with Gasteiger partial charge in [0.15, 0.2) is 5.78 Å². The van der Waals surface area contributed by atoms with Gasteiger partial charge >= 0.3 is 5.97 Å². The highest BCUT2D eigenvalue weighted by atomic mass is 16.6. The van der Waals surface area contributed by atoms with E-state index in [1.165, 1.54) is 0 Å². The molecule has 3 atom stereocenters. The molecule has 142 valence electrons. The van der Waals surface area contributed by atoms with Crippen LogP contribution in [0, 0.1) is 0 Å². The third-order valence-electron chi connectivity index (χ3n) is 5.27. The normalized spacial score (nSPS) is 23.9. The van der Waals surface area contributed by atoms with E-state index in [-0.39, 0.29) is 17.9 Å². The second-order valence-corrected chi connectivity index (χ2v) is 7.26. The van der Waals surface area contributed by atoms with Gasteiger partial charge < -0.3 is 9.84 Å². The molecule has 0 amide bonds. The fraction of sp³-hybridized carbons (Fsp3) is 0.364. The number of aliphatic carboxylic acids is 1. The van der Waals surface area contributed by atoms with Gasteiger partial charge in [-0.05, 0) is 38.3 Å². The highest BCUT2D eigenvalue weighted by Crippen LogP contribution is 2.38. The number of ketones is 1. The van der Waals surface area contributed by atoms with Crippen molar-refractivity contribution < 1.29 is 19.4 Å². The average molecular weight is 367 g/mol. The number of carbonyl (C=O) groups is 2. The van der Waals surface area contributed by atoms with E-state index in [1.54, 1.807) is 13.8 Å². The van der Waals surface area contributed by atoms with Gasteiger partial charge in [-0.1, -0.05) is 54.6 Å². The second kappa shape index (κ2) is 7.62. The van der Waals surface area contributed by atoms with Gasteiger partial charge in [0.2, 0.25) is 5.72 Å². The van der Waals surface area contributed by atoms with Gasteiger partial charge in [0.25, 0.3) is 0 Å². The monoisotopic (exact) mass is 367 g/mol. The van der Waals surface area contributed by atoms with E-state index in [0.717, 1.165) is 11.1 Å². The van der Waals surface area contributed by atoms with Gasteiger partial charge in [0, 0.05) is 18.2 Å². The van der Waals surface area contributed by atoms with Crippen LogP contribution in [0.1, 0.15) is 48.4 Å². The Morgan fingerprint density at radius 1 is 1.19 bits per heavy atom. The van der Waals surface area contributed by atoms with Gasteiger partial charge in [-0.25, -0.2) is 4.79 Å². The lowest BCUT2D eigenvalue weighted by Gasteiger charge is -2.34. The van der Waals surface area contributed by atoms with Crippen LogP contribution in [-0.2, 0) is 16.0 Å². The predicted octanol–water partition coefficient (Wildman–Crippen LogP) is 3.69. The number of carboxylic acids is 1. The number of ether oxygens (including phenoxy) is 1. The standard InChI is InChI=1S/C22H25NO4/c1-15(13-17-9-11-18(12-10-17)16(2)24)23-14-20(19-7-5-4-6-8-19)27-22(23,3)21(25)26/h4-12,15,20H,13-14H2,1-3H3,(H,25,26)/t15-,20?,22?/m1/s1. The zero-order valence-electron chi connectivity index (χ0n) is 15.9. The van der Waals surface area contributed by atoms with Crippen LogP contribution in [0.15, 0.2) is 54.6 Å². The van der Waals surface area contributed by atoms with Crippen molar-refractivity contribution in [3.63, 3.8) is 0 Å².